The Bertz CT molecular complexity index is 691. The summed E-state index contributed by atoms with van der Waals surface area (Å²) in [6.07, 6.45) is 6.46. The highest BCUT2D eigenvalue weighted by atomic mass is 32.2. The van der Waals surface area contributed by atoms with Crippen molar-refractivity contribution in [1.82, 2.24) is 0 Å². The molecule has 0 spiro atoms. The molecule has 1 heterocycles. The number of epoxide rings is 1. The lowest BCUT2D eigenvalue weighted by atomic mass is 9.83. The average molecular weight is 465 g/mol. The second kappa shape index (κ2) is 13.9. The van der Waals surface area contributed by atoms with Crippen molar-refractivity contribution < 1.29 is 23.8 Å². The number of ether oxygens (including phenoxy) is 3. The molecule has 1 saturated heterocycles. The summed E-state index contributed by atoms with van der Waals surface area (Å²) < 4.78 is 15.5. The Balaban J connectivity index is 1.87. The van der Waals surface area contributed by atoms with Crippen LogP contribution in [0.5, 0.6) is 0 Å². The Labute approximate surface area is 198 Å². The van der Waals surface area contributed by atoms with E-state index in [9.17, 15) is 9.59 Å². The second-order valence-electron chi connectivity index (χ2n) is 9.19. The van der Waals surface area contributed by atoms with Crippen LogP contribution < -0.4 is 0 Å². The predicted octanol–water partition coefficient (Wildman–Crippen LogP) is 5.62. The van der Waals surface area contributed by atoms with Gasteiger partial charge in [-0.1, -0.05) is 63.4 Å². The van der Waals surface area contributed by atoms with Crippen molar-refractivity contribution >= 4 is 23.7 Å². The molecule has 0 aliphatic carbocycles. The van der Waals surface area contributed by atoms with Crippen LogP contribution in [0.2, 0.25) is 0 Å². The number of benzene rings is 1. The van der Waals surface area contributed by atoms with Gasteiger partial charge in [0.1, 0.15) is 12.7 Å². The third-order valence-corrected chi connectivity index (χ3v) is 7.48. The zero-order chi connectivity index (χ0) is 23.4. The Morgan fingerprint density at radius 3 is 2.56 bits per heavy atom. The molecule has 4 atom stereocenters. The molecule has 0 saturated carbocycles. The van der Waals surface area contributed by atoms with Crippen LogP contribution in [-0.2, 0) is 23.8 Å². The Morgan fingerprint density at radius 2 is 1.94 bits per heavy atom. The number of hydrogen-bond donors (Lipinski definition) is 0. The van der Waals surface area contributed by atoms with Gasteiger partial charge >= 0.3 is 11.9 Å². The molecule has 180 valence electrons. The highest BCUT2D eigenvalue weighted by molar-refractivity contribution is 7.99. The van der Waals surface area contributed by atoms with Crippen LogP contribution in [0.3, 0.4) is 0 Å². The molecule has 1 aromatic carbocycles. The van der Waals surface area contributed by atoms with Crippen LogP contribution >= 0.6 is 11.8 Å². The van der Waals surface area contributed by atoms with Gasteiger partial charge in [0, 0.05) is 5.75 Å². The van der Waals surface area contributed by atoms with E-state index in [0.29, 0.717) is 31.3 Å². The standard InChI is InChI=1S/C26H40O5S/c1-5-6-8-11-22(21-12-9-7-10-13-21)14-15-32-19-26(3,25(28)29-4)16-20(2)24(27)31-18-23-17-30-23/h7,9-10,12-13,20,22-23H,5-6,8,11,14-19H2,1-4H3. The molecule has 1 aliphatic heterocycles. The maximum atomic E-state index is 12.6. The summed E-state index contributed by atoms with van der Waals surface area (Å²) in [7, 11) is 1.41. The molecule has 0 aromatic heterocycles. The third-order valence-electron chi connectivity index (χ3n) is 6.11. The second-order valence-corrected chi connectivity index (χ2v) is 10.3. The molecule has 0 amide bonds. The van der Waals surface area contributed by atoms with Gasteiger partial charge in [-0.3, -0.25) is 9.59 Å². The lowest BCUT2D eigenvalue weighted by Gasteiger charge is -2.29. The minimum atomic E-state index is -0.724. The zero-order valence-corrected chi connectivity index (χ0v) is 21.0. The lowest BCUT2D eigenvalue weighted by Crippen LogP contribution is -2.36. The fraction of sp³-hybridized carbons (Fsp3) is 0.692. The molecule has 6 heteroatoms. The highest BCUT2D eigenvalue weighted by Crippen LogP contribution is 2.34. The van der Waals surface area contributed by atoms with Gasteiger partial charge in [0.05, 0.1) is 25.0 Å². The van der Waals surface area contributed by atoms with Crippen molar-refractivity contribution in [3.05, 3.63) is 35.9 Å². The first-order valence-corrected chi connectivity index (χ1v) is 13.0. The minimum absolute atomic E-state index is 0.0450. The van der Waals surface area contributed by atoms with Crippen molar-refractivity contribution in [3.8, 4) is 0 Å². The van der Waals surface area contributed by atoms with Crippen LogP contribution in [0, 0.1) is 11.3 Å². The summed E-state index contributed by atoms with van der Waals surface area (Å²) >= 11 is 1.78. The number of carbonyl (C=O) groups excluding carboxylic acids is 2. The van der Waals surface area contributed by atoms with Gasteiger partial charge in [-0.2, -0.15) is 11.8 Å². The van der Waals surface area contributed by atoms with Gasteiger partial charge < -0.3 is 14.2 Å². The van der Waals surface area contributed by atoms with Crippen LogP contribution in [0.15, 0.2) is 30.3 Å². The lowest BCUT2D eigenvalue weighted by molar-refractivity contribution is -0.155. The van der Waals surface area contributed by atoms with Gasteiger partial charge in [0.15, 0.2) is 0 Å². The van der Waals surface area contributed by atoms with Gasteiger partial charge in [-0.25, -0.2) is 0 Å². The minimum Gasteiger partial charge on any atom is -0.469 e. The molecule has 4 unspecified atom stereocenters. The summed E-state index contributed by atoms with van der Waals surface area (Å²) in [5, 5.41) is 0. The average Bonchev–Trinajstić information content (AvgIpc) is 3.63. The molecule has 0 radical (unpaired) electrons. The molecular formula is C26H40O5S. The molecule has 1 aliphatic rings. The molecular weight excluding hydrogens is 424 g/mol. The van der Waals surface area contributed by atoms with Gasteiger partial charge in [-0.15, -0.1) is 0 Å². The topological polar surface area (TPSA) is 65.1 Å². The van der Waals surface area contributed by atoms with E-state index >= 15 is 0 Å². The Hall–Kier alpha value is -1.53. The monoisotopic (exact) mass is 464 g/mol. The molecule has 1 fully saturated rings. The van der Waals surface area contributed by atoms with Crippen LogP contribution in [-0.4, -0.2) is 49.9 Å². The SMILES string of the molecule is CCCCCC(CCSCC(C)(CC(C)C(=O)OCC1CO1)C(=O)OC)c1ccccc1. The van der Waals surface area contributed by atoms with E-state index in [1.807, 2.05) is 13.8 Å². The van der Waals surface area contributed by atoms with Crippen molar-refractivity contribution in [2.24, 2.45) is 11.3 Å². The first-order chi connectivity index (χ1) is 15.4. The van der Waals surface area contributed by atoms with Gasteiger partial charge in [0.25, 0.3) is 0 Å². The summed E-state index contributed by atoms with van der Waals surface area (Å²) in [5.74, 6) is 1.22. The number of carbonyl (C=O) groups is 2. The van der Waals surface area contributed by atoms with Crippen molar-refractivity contribution in [3.63, 3.8) is 0 Å². The number of esters is 2. The molecule has 0 N–H and O–H groups in total. The van der Waals surface area contributed by atoms with E-state index in [0.717, 1.165) is 12.2 Å². The molecule has 32 heavy (non-hydrogen) atoms. The predicted molar refractivity (Wildman–Crippen MR) is 130 cm³/mol. The molecule has 5 nitrogen and oxygen atoms in total. The fourth-order valence-corrected chi connectivity index (χ4v) is 5.34. The van der Waals surface area contributed by atoms with Crippen LogP contribution in [0.4, 0.5) is 0 Å². The molecule has 1 aromatic rings. The number of rotatable bonds is 16. The molecule has 0 bridgehead atoms. The fourth-order valence-electron chi connectivity index (χ4n) is 4.05. The van der Waals surface area contributed by atoms with E-state index in [-0.39, 0.29) is 24.0 Å². The van der Waals surface area contributed by atoms with E-state index < -0.39 is 5.41 Å². The largest absolute Gasteiger partial charge is 0.469 e. The Kier molecular flexibility index (Phi) is 11.6. The number of hydrogen-bond acceptors (Lipinski definition) is 6. The number of methoxy groups -OCH3 is 1. The van der Waals surface area contributed by atoms with Gasteiger partial charge in [-0.05, 0) is 43.4 Å². The first kappa shape index (κ1) is 26.7. The van der Waals surface area contributed by atoms with Crippen LogP contribution in [0.1, 0.15) is 70.8 Å². The van der Waals surface area contributed by atoms with Gasteiger partial charge in [0.2, 0.25) is 0 Å². The highest BCUT2D eigenvalue weighted by Gasteiger charge is 2.38. The normalized spacial score (nSPS) is 18.9. The summed E-state index contributed by atoms with van der Waals surface area (Å²) in [4.78, 5) is 24.9. The van der Waals surface area contributed by atoms with Crippen molar-refractivity contribution in [2.75, 3.05) is 31.8 Å². The van der Waals surface area contributed by atoms with E-state index in [4.69, 9.17) is 14.2 Å². The first-order valence-electron chi connectivity index (χ1n) is 11.9. The summed E-state index contributed by atoms with van der Waals surface area (Å²) in [6.45, 7) is 6.90. The van der Waals surface area contributed by atoms with E-state index in [1.165, 1.54) is 38.4 Å². The quantitative estimate of drug-likeness (QED) is 0.180. The van der Waals surface area contributed by atoms with E-state index in [2.05, 4.69) is 37.3 Å². The summed E-state index contributed by atoms with van der Waals surface area (Å²) in [5.41, 5.74) is 0.675. The Morgan fingerprint density at radius 1 is 1.22 bits per heavy atom. The smallest absolute Gasteiger partial charge is 0.312 e. The number of unbranched alkanes of at least 4 members (excludes halogenated alkanes) is 2. The maximum Gasteiger partial charge on any atom is 0.312 e. The van der Waals surface area contributed by atoms with Crippen molar-refractivity contribution in [2.45, 2.75) is 71.3 Å². The molecule has 2 rings (SSSR count). The zero-order valence-electron chi connectivity index (χ0n) is 20.1. The maximum absolute atomic E-state index is 12.6. The number of thioether (sulfide) groups is 1. The third kappa shape index (κ3) is 9.14. The van der Waals surface area contributed by atoms with Crippen LogP contribution in [0.25, 0.3) is 0 Å². The van der Waals surface area contributed by atoms with E-state index in [1.54, 1.807) is 11.8 Å². The van der Waals surface area contributed by atoms with Crippen molar-refractivity contribution in [1.29, 1.82) is 0 Å². The summed E-state index contributed by atoms with van der Waals surface area (Å²) in [6, 6.07) is 10.7.